The third-order valence-electron chi connectivity index (χ3n) is 4.17. The van der Waals surface area contributed by atoms with Gasteiger partial charge in [0.15, 0.2) is 0 Å². The van der Waals surface area contributed by atoms with Crippen LogP contribution >= 0.6 is 0 Å². The van der Waals surface area contributed by atoms with Gasteiger partial charge in [0.1, 0.15) is 5.78 Å². The lowest BCUT2D eigenvalue weighted by atomic mass is 10.0. The quantitative estimate of drug-likeness (QED) is 0.288. The Morgan fingerprint density at radius 1 is 0.962 bits per heavy atom. The van der Waals surface area contributed by atoms with E-state index < -0.39 is 11.9 Å². The van der Waals surface area contributed by atoms with Crippen molar-refractivity contribution in [1.29, 1.82) is 0 Å². The van der Waals surface area contributed by atoms with Gasteiger partial charge in [-0.1, -0.05) is 58.3 Å². The van der Waals surface area contributed by atoms with E-state index in [4.69, 9.17) is 4.42 Å². The number of carbonyl (C=O) groups excluding carboxylic acids is 3. The minimum Gasteiger partial charge on any atom is -0.463 e. The smallest absolute Gasteiger partial charge is 0.374 e. The Labute approximate surface area is 155 Å². The zero-order chi connectivity index (χ0) is 19.2. The number of rotatable bonds is 14. The molecular formula is C20H31NO5. The van der Waals surface area contributed by atoms with Crippen LogP contribution in [0, 0.1) is 0 Å². The molecule has 0 bridgehead atoms. The summed E-state index contributed by atoms with van der Waals surface area (Å²) in [6.07, 6.45) is 11.0. The van der Waals surface area contributed by atoms with Gasteiger partial charge in [-0.3, -0.25) is 14.9 Å². The number of unbranched alkanes of at least 4 members (excludes halogenated alkanes) is 8. The minimum atomic E-state index is -0.619. The fraction of sp³-hybridized carbons (Fsp3) is 0.650. The number of hydrogen-bond acceptors (Lipinski definition) is 5. The van der Waals surface area contributed by atoms with E-state index in [1.807, 2.05) is 0 Å². The lowest BCUT2D eigenvalue weighted by molar-refractivity contribution is -0.125. The highest BCUT2D eigenvalue weighted by molar-refractivity contribution is 6.03. The maximum atomic E-state index is 11.8. The Bertz CT molecular complexity index is 564. The third kappa shape index (κ3) is 9.39. The van der Waals surface area contributed by atoms with Gasteiger partial charge in [0.05, 0.1) is 13.5 Å². The summed E-state index contributed by atoms with van der Waals surface area (Å²) in [5.74, 6) is -0.996. The zero-order valence-corrected chi connectivity index (χ0v) is 16.0. The average Bonchev–Trinajstić information content (AvgIpc) is 3.07. The molecule has 0 spiro atoms. The summed E-state index contributed by atoms with van der Waals surface area (Å²) < 4.78 is 9.65. The molecule has 0 atom stereocenters. The van der Waals surface area contributed by atoms with E-state index in [9.17, 15) is 14.4 Å². The van der Waals surface area contributed by atoms with E-state index >= 15 is 0 Å². The van der Waals surface area contributed by atoms with Crippen molar-refractivity contribution in [3.8, 4) is 0 Å². The largest absolute Gasteiger partial charge is 0.463 e. The SMILES string of the molecule is CCCCCCCCCCCC(=O)CC(=O)Nc1ccc(C(=O)OC)o1. The standard InChI is InChI=1S/C20H31NO5/c1-3-4-5-6-7-8-9-10-11-12-16(22)15-18(23)21-19-14-13-17(26-19)20(24)25-2/h13-14H,3-12,15H2,1-2H3,(H,21,23). The monoisotopic (exact) mass is 365 g/mol. The predicted molar refractivity (Wildman–Crippen MR) is 100 cm³/mol. The highest BCUT2D eigenvalue weighted by Crippen LogP contribution is 2.15. The van der Waals surface area contributed by atoms with Crippen LogP contribution in [0.5, 0.6) is 0 Å². The molecule has 6 nitrogen and oxygen atoms in total. The number of ether oxygens (including phenoxy) is 1. The van der Waals surface area contributed by atoms with E-state index in [1.165, 1.54) is 57.8 Å². The third-order valence-corrected chi connectivity index (χ3v) is 4.17. The number of anilines is 1. The van der Waals surface area contributed by atoms with Crippen molar-refractivity contribution in [3.05, 3.63) is 17.9 Å². The molecule has 0 unspecified atom stereocenters. The van der Waals surface area contributed by atoms with Crippen LogP contribution in [-0.2, 0) is 14.3 Å². The van der Waals surface area contributed by atoms with E-state index in [1.54, 1.807) is 0 Å². The molecule has 1 amide bonds. The van der Waals surface area contributed by atoms with Gasteiger partial charge in [0.25, 0.3) is 0 Å². The number of Topliss-reactive ketones (excluding diaryl/α,β-unsaturated/α-hetero) is 1. The first-order valence-corrected chi connectivity index (χ1v) is 9.56. The summed E-state index contributed by atoms with van der Waals surface area (Å²) in [7, 11) is 1.24. The van der Waals surface area contributed by atoms with Gasteiger partial charge in [-0.2, -0.15) is 0 Å². The molecule has 0 fully saturated rings. The van der Waals surface area contributed by atoms with Crippen molar-refractivity contribution in [3.63, 3.8) is 0 Å². The highest BCUT2D eigenvalue weighted by Gasteiger charge is 2.14. The Balaban J connectivity index is 2.10. The molecule has 0 aromatic carbocycles. The van der Waals surface area contributed by atoms with Crippen LogP contribution in [0.3, 0.4) is 0 Å². The van der Waals surface area contributed by atoms with Crippen LogP contribution in [0.25, 0.3) is 0 Å². The van der Waals surface area contributed by atoms with Crippen LogP contribution < -0.4 is 5.32 Å². The van der Waals surface area contributed by atoms with Crippen molar-refractivity contribution in [1.82, 2.24) is 0 Å². The maximum absolute atomic E-state index is 11.8. The first-order chi connectivity index (χ1) is 12.6. The molecular weight excluding hydrogens is 334 g/mol. The summed E-state index contributed by atoms with van der Waals surface area (Å²) in [5, 5.41) is 2.47. The molecule has 26 heavy (non-hydrogen) atoms. The summed E-state index contributed by atoms with van der Waals surface area (Å²) in [6, 6.07) is 2.86. The number of carbonyl (C=O) groups is 3. The fourth-order valence-corrected chi connectivity index (χ4v) is 2.70. The molecule has 0 saturated carbocycles. The fourth-order valence-electron chi connectivity index (χ4n) is 2.70. The Kier molecular flexibility index (Phi) is 11.1. The minimum absolute atomic E-state index is 0.00354. The molecule has 0 aliphatic heterocycles. The Hall–Kier alpha value is -2.11. The average molecular weight is 365 g/mol. The van der Waals surface area contributed by atoms with Gasteiger partial charge < -0.3 is 9.15 Å². The molecule has 0 aliphatic carbocycles. The molecule has 0 aliphatic rings. The Morgan fingerprint density at radius 2 is 1.58 bits per heavy atom. The second-order valence-corrected chi connectivity index (χ2v) is 6.50. The molecule has 1 heterocycles. The number of ketones is 1. The lowest BCUT2D eigenvalue weighted by Gasteiger charge is -2.03. The zero-order valence-electron chi connectivity index (χ0n) is 16.0. The second-order valence-electron chi connectivity index (χ2n) is 6.50. The number of nitrogens with one attached hydrogen (secondary N) is 1. The lowest BCUT2D eigenvalue weighted by Crippen LogP contribution is -2.16. The molecule has 1 rings (SSSR count). The van der Waals surface area contributed by atoms with E-state index in [-0.39, 0.29) is 23.8 Å². The number of furan rings is 1. The first-order valence-electron chi connectivity index (χ1n) is 9.56. The summed E-state index contributed by atoms with van der Waals surface area (Å²) >= 11 is 0. The van der Waals surface area contributed by atoms with Crippen molar-refractivity contribution >= 4 is 23.5 Å². The van der Waals surface area contributed by atoms with Gasteiger partial charge in [0, 0.05) is 12.5 Å². The van der Waals surface area contributed by atoms with Crippen molar-refractivity contribution in [2.24, 2.45) is 0 Å². The summed E-state index contributed by atoms with van der Waals surface area (Å²) in [4.78, 5) is 34.9. The molecule has 1 N–H and O–H groups in total. The van der Waals surface area contributed by atoms with E-state index in [2.05, 4.69) is 17.0 Å². The van der Waals surface area contributed by atoms with Gasteiger partial charge >= 0.3 is 5.97 Å². The van der Waals surface area contributed by atoms with Crippen molar-refractivity contribution in [2.75, 3.05) is 12.4 Å². The van der Waals surface area contributed by atoms with Crippen molar-refractivity contribution in [2.45, 2.75) is 77.6 Å². The first kappa shape index (κ1) is 21.9. The normalized spacial score (nSPS) is 10.5. The molecule has 6 heteroatoms. The van der Waals surface area contributed by atoms with Gasteiger partial charge in [0.2, 0.25) is 17.6 Å². The maximum Gasteiger partial charge on any atom is 0.374 e. The topological polar surface area (TPSA) is 85.6 Å². The number of amides is 1. The van der Waals surface area contributed by atoms with Gasteiger partial charge in [-0.05, 0) is 12.5 Å². The van der Waals surface area contributed by atoms with E-state index in [0.717, 1.165) is 19.3 Å². The number of methoxy groups -OCH3 is 1. The second kappa shape index (κ2) is 13.1. The van der Waals surface area contributed by atoms with E-state index in [0.29, 0.717) is 6.42 Å². The molecule has 146 valence electrons. The van der Waals surface area contributed by atoms with Crippen LogP contribution in [0.2, 0.25) is 0 Å². The molecule has 1 aromatic rings. The van der Waals surface area contributed by atoms with Gasteiger partial charge in [-0.15, -0.1) is 0 Å². The molecule has 0 saturated heterocycles. The highest BCUT2D eigenvalue weighted by atomic mass is 16.5. The van der Waals surface area contributed by atoms with Crippen LogP contribution in [0.4, 0.5) is 5.88 Å². The predicted octanol–water partition coefficient (Wildman–Crippen LogP) is 4.88. The number of hydrogen-bond donors (Lipinski definition) is 1. The van der Waals surface area contributed by atoms with Crippen LogP contribution in [0.15, 0.2) is 16.5 Å². The summed E-state index contributed by atoms with van der Waals surface area (Å²) in [6.45, 7) is 2.21. The number of esters is 1. The van der Waals surface area contributed by atoms with Gasteiger partial charge in [-0.25, -0.2) is 4.79 Å². The molecule has 0 radical (unpaired) electrons. The summed E-state index contributed by atoms with van der Waals surface area (Å²) in [5.41, 5.74) is 0. The van der Waals surface area contributed by atoms with Crippen LogP contribution in [0.1, 0.15) is 88.1 Å². The Morgan fingerprint density at radius 3 is 2.19 bits per heavy atom. The van der Waals surface area contributed by atoms with Crippen molar-refractivity contribution < 1.29 is 23.5 Å². The van der Waals surface area contributed by atoms with Crippen LogP contribution in [-0.4, -0.2) is 24.8 Å². The molecule has 1 aromatic heterocycles.